The van der Waals surface area contributed by atoms with Crippen molar-refractivity contribution in [3.63, 3.8) is 0 Å². The smallest absolute Gasteiger partial charge is 0.124 e. The molecule has 0 aliphatic carbocycles. The Labute approximate surface area is 118 Å². The number of methoxy groups -OCH3 is 1. The predicted octanol–water partition coefficient (Wildman–Crippen LogP) is 2.06. The molecule has 6 heteroatoms. The van der Waals surface area contributed by atoms with Gasteiger partial charge in [-0.25, -0.2) is 0 Å². The summed E-state index contributed by atoms with van der Waals surface area (Å²) in [6.45, 7) is 2.37. The fourth-order valence-corrected chi connectivity index (χ4v) is 1.67. The van der Waals surface area contributed by atoms with Gasteiger partial charge in [-0.05, 0) is 18.2 Å². The molecule has 0 unspecified atom stereocenters. The summed E-state index contributed by atoms with van der Waals surface area (Å²) in [4.78, 5) is 0. The van der Waals surface area contributed by atoms with Gasteiger partial charge in [-0.3, -0.25) is 5.41 Å². The van der Waals surface area contributed by atoms with E-state index in [2.05, 4.69) is 0 Å². The van der Waals surface area contributed by atoms with Crippen LogP contribution < -0.4 is 10.5 Å². The third-order valence-corrected chi connectivity index (χ3v) is 2.68. The first-order valence-electron chi connectivity index (χ1n) is 5.98. The fraction of sp³-hybridized carbons (Fsp3) is 0.462. The maximum Gasteiger partial charge on any atom is 0.124 e. The SMILES string of the molecule is COCCOCCCOc1ccc(C(=N)N)c(Cl)c1. The molecule has 1 aromatic carbocycles. The van der Waals surface area contributed by atoms with Crippen molar-refractivity contribution in [1.82, 2.24) is 0 Å². The summed E-state index contributed by atoms with van der Waals surface area (Å²) in [7, 11) is 1.64. The van der Waals surface area contributed by atoms with Gasteiger partial charge in [-0.15, -0.1) is 0 Å². The summed E-state index contributed by atoms with van der Waals surface area (Å²) < 4.78 is 15.7. The van der Waals surface area contributed by atoms with E-state index in [4.69, 9.17) is 37.0 Å². The zero-order valence-electron chi connectivity index (χ0n) is 10.9. The largest absolute Gasteiger partial charge is 0.493 e. The van der Waals surface area contributed by atoms with Gasteiger partial charge in [0.25, 0.3) is 0 Å². The zero-order chi connectivity index (χ0) is 14.1. The van der Waals surface area contributed by atoms with Crippen LogP contribution in [0.2, 0.25) is 5.02 Å². The van der Waals surface area contributed by atoms with Gasteiger partial charge in [-0.2, -0.15) is 0 Å². The molecule has 0 aliphatic heterocycles. The topological polar surface area (TPSA) is 77.6 Å². The number of nitrogens with one attached hydrogen (secondary N) is 1. The van der Waals surface area contributed by atoms with E-state index in [0.29, 0.717) is 42.8 Å². The molecule has 0 saturated heterocycles. The second-order valence-corrected chi connectivity index (χ2v) is 4.27. The van der Waals surface area contributed by atoms with Crippen LogP contribution in [0.4, 0.5) is 0 Å². The second kappa shape index (κ2) is 8.74. The Kier molecular flexibility index (Phi) is 7.25. The molecule has 0 atom stereocenters. The van der Waals surface area contributed by atoms with Crippen LogP contribution in [0.1, 0.15) is 12.0 Å². The van der Waals surface area contributed by atoms with E-state index in [1.54, 1.807) is 25.3 Å². The van der Waals surface area contributed by atoms with Crippen LogP contribution in [0.3, 0.4) is 0 Å². The Morgan fingerprint density at radius 3 is 2.68 bits per heavy atom. The van der Waals surface area contributed by atoms with E-state index in [9.17, 15) is 0 Å². The molecular formula is C13H19ClN2O3. The minimum atomic E-state index is -0.0527. The van der Waals surface area contributed by atoms with Gasteiger partial charge in [0.05, 0.1) is 24.8 Å². The molecule has 1 rings (SSSR count). The molecule has 0 aromatic heterocycles. The summed E-state index contributed by atoms with van der Waals surface area (Å²) in [5.41, 5.74) is 5.89. The third kappa shape index (κ3) is 5.92. The van der Waals surface area contributed by atoms with Crippen LogP contribution in [-0.4, -0.2) is 39.4 Å². The van der Waals surface area contributed by atoms with Gasteiger partial charge in [0.15, 0.2) is 0 Å². The van der Waals surface area contributed by atoms with Crippen molar-refractivity contribution in [3.8, 4) is 5.75 Å². The minimum absolute atomic E-state index is 0.0527. The molecule has 5 nitrogen and oxygen atoms in total. The minimum Gasteiger partial charge on any atom is -0.493 e. The quantitative estimate of drug-likeness (QED) is 0.414. The summed E-state index contributed by atoms with van der Waals surface area (Å²) >= 11 is 5.98. The van der Waals surface area contributed by atoms with Gasteiger partial charge in [0.1, 0.15) is 11.6 Å². The number of halogens is 1. The maximum absolute atomic E-state index is 7.32. The van der Waals surface area contributed by atoms with Crippen molar-refractivity contribution >= 4 is 17.4 Å². The Morgan fingerprint density at radius 1 is 1.26 bits per heavy atom. The summed E-state index contributed by atoms with van der Waals surface area (Å²) in [6.07, 6.45) is 0.787. The first kappa shape index (κ1) is 15.8. The number of rotatable bonds is 9. The number of benzene rings is 1. The summed E-state index contributed by atoms with van der Waals surface area (Å²) in [5, 5.41) is 7.74. The molecule has 106 valence electrons. The van der Waals surface area contributed by atoms with E-state index in [1.165, 1.54) is 0 Å². The van der Waals surface area contributed by atoms with E-state index in [0.717, 1.165) is 6.42 Å². The number of nitrogens with two attached hydrogens (primary N) is 1. The lowest BCUT2D eigenvalue weighted by Crippen LogP contribution is -2.11. The Bertz CT molecular complexity index is 413. The highest BCUT2D eigenvalue weighted by Gasteiger charge is 2.04. The highest BCUT2D eigenvalue weighted by molar-refractivity contribution is 6.34. The van der Waals surface area contributed by atoms with Gasteiger partial charge in [0, 0.05) is 25.7 Å². The molecule has 0 saturated carbocycles. The van der Waals surface area contributed by atoms with Crippen molar-refractivity contribution in [3.05, 3.63) is 28.8 Å². The summed E-state index contributed by atoms with van der Waals surface area (Å²) in [5.74, 6) is 0.606. The molecule has 0 heterocycles. The number of amidine groups is 1. The Balaban J connectivity index is 2.26. The van der Waals surface area contributed by atoms with E-state index >= 15 is 0 Å². The van der Waals surface area contributed by atoms with Crippen LogP contribution in [0.25, 0.3) is 0 Å². The van der Waals surface area contributed by atoms with Crippen LogP contribution in [0.15, 0.2) is 18.2 Å². The number of hydrogen-bond donors (Lipinski definition) is 2. The van der Waals surface area contributed by atoms with Crippen molar-refractivity contribution in [2.24, 2.45) is 5.73 Å². The molecule has 1 aromatic rings. The van der Waals surface area contributed by atoms with Crippen molar-refractivity contribution in [1.29, 1.82) is 5.41 Å². The highest BCUT2D eigenvalue weighted by Crippen LogP contribution is 2.22. The first-order valence-corrected chi connectivity index (χ1v) is 6.36. The van der Waals surface area contributed by atoms with Gasteiger partial charge < -0.3 is 19.9 Å². The average Bonchev–Trinajstić information content (AvgIpc) is 2.37. The van der Waals surface area contributed by atoms with Gasteiger partial charge in [-0.1, -0.05) is 11.6 Å². The van der Waals surface area contributed by atoms with Crippen LogP contribution in [0, 0.1) is 5.41 Å². The molecular weight excluding hydrogens is 268 g/mol. The molecule has 0 spiro atoms. The Morgan fingerprint density at radius 2 is 2.05 bits per heavy atom. The van der Waals surface area contributed by atoms with E-state index < -0.39 is 0 Å². The molecule has 0 aliphatic rings. The normalized spacial score (nSPS) is 10.4. The number of hydrogen-bond acceptors (Lipinski definition) is 4. The maximum atomic E-state index is 7.32. The van der Waals surface area contributed by atoms with Crippen molar-refractivity contribution in [2.45, 2.75) is 6.42 Å². The van der Waals surface area contributed by atoms with Crippen molar-refractivity contribution in [2.75, 3.05) is 33.5 Å². The van der Waals surface area contributed by atoms with E-state index in [-0.39, 0.29) is 5.84 Å². The van der Waals surface area contributed by atoms with Crippen LogP contribution >= 0.6 is 11.6 Å². The lowest BCUT2D eigenvalue weighted by Gasteiger charge is -2.08. The van der Waals surface area contributed by atoms with Gasteiger partial charge >= 0.3 is 0 Å². The zero-order valence-corrected chi connectivity index (χ0v) is 11.7. The molecule has 0 bridgehead atoms. The third-order valence-electron chi connectivity index (χ3n) is 2.36. The lowest BCUT2D eigenvalue weighted by molar-refractivity contribution is 0.0644. The van der Waals surface area contributed by atoms with Gasteiger partial charge in [0.2, 0.25) is 0 Å². The van der Waals surface area contributed by atoms with Crippen LogP contribution in [0.5, 0.6) is 5.75 Å². The number of ether oxygens (including phenoxy) is 3. The average molecular weight is 287 g/mol. The molecule has 0 amide bonds. The molecule has 0 radical (unpaired) electrons. The second-order valence-electron chi connectivity index (χ2n) is 3.86. The highest BCUT2D eigenvalue weighted by atomic mass is 35.5. The van der Waals surface area contributed by atoms with E-state index in [1.807, 2.05) is 0 Å². The molecule has 19 heavy (non-hydrogen) atoms. The van der Waals surface area contributed by atoms with Crippen molar-refractivity contribution < 1.29 is 14.2 Å². The lowest BCUT2D eigenvalue weighted by atomic mass is 10.2. The fourth-order valence-electron chi connectivity index (χ4n) is 1.40. The van der Waals surface area contributed by atoms with Crippen LogP contribution in [-0.2, 0) is 9.47 Å². The number of nitrogen functional groups attached to an aromatic ring is 1. The predicted molar refractivity (Wildman–Crippen MR) is 75.3 cm³/mol. The molecule has 3 N–H and O–H groups in total. The standard InChI is InChI=1S/C13H19ClN2O3/c1-17-7-8-18-5-2-6-19-10-3-4-11(13(15)16)12(14)9-10/h3-4,9H,2,5-8H2,1H3,(H3,15,16). The first-order chi connectivity index (χ1) is 9.15. The Hall–Kier alpha value is -1.30. The summed E-state index contributed by atoms with van der Waals surface area (Å²) in [6, 6.07) is 5.08. The monoisotopic (exact) mass is 286 g/mol. The molecule has 0 fully saturated rings.